The first-order chi connectivity index (χ1) is 9.49. The number of carbonyl (C=O) groups is 2. The zero-order valence-corrected chi connectivity index (χ0v) is 11.8. The summed E-state index contributed by atoms with van der Waals surface area (Å²) in [6.45, 7) is 3.50. The molecule has 1 aromatic rings. The van der Waals surface area contributed by atoms with Crippen molar-refractivity contribution in [2.45, 2.75) is 18.3 Å². The Morgan fingerprint density at radius 2 is 1.95 bits per heavy atom. The molecule has 1 amide bonds. The number of amides is 1. The first-order valence-corrected chi connectivity index (χ1v) is 6.75. The zero-order valence-electron chi connectivity index (χ0n) is 11.0. The molecule has 1 aliphatic rings. The lowest BCUT2D eigenvalue weighted by atomic mass is 9.94. The van der Waals surface area contributed by atoms with E-state index in [1.54, 1.807) is 18.2 Å². The summed E-state index contributed by atoms with van der Waals surface area (Å²) in [5.41, 5.74) is 0.314. The van der Waals surface area contributed by atoms with Crippen molar-refractivity contribution in [1.82, 2.24) is 4.90 Å². The SMILES string of the molecule is C=CCN(CC(=O)O)C(=O)C1(c2ccc(Cl)cc2)CC1. The second-order valence-electron chi connectivity index (χ2n) is 4.96. The van der Waals surface area contributed by atoms with E-state index < -0.39 is 11.4 Å². The lowest BCUT2D eigenvalue weighted by Crippen LogP contribution is -2.42. The van der Waals surface area contributed by atoms with Gasteiger partial charge in [0.05, 0.1) is 5.41 Å². The number of carbonyl (C=O) groups excluding carboxylic acids is 1. The number of hydrogen-bond donors (Lipinski definition) is 1. The van der Waals surface area contributed by atoms with Gasteiger partial charge >= 0.3 is 5.97 Å². The smallest absolute Gasteiger partial charge is 0.323 e. The molecular formula is C15H16ClNO3. The molecule has 1 aromatic carbocycles. The van der Waals surface area contributed by atoms with E-state index in [9.17, 15) is 9.59 Å². The van der Waals surface area contributed by atoms with Crippen molar-refractivity contribution < 1.29 is 14.7 Å². The lowest BCUT2D eigenvalue weighted by molar-refractivity contribution is -0.145. The quantitative estimate of drug-likeness (QED) is 0.820. The topological polar surface area (TPSA) is 57.6 Å². The van der Waals surface area contributed by atoms with Crippen LogP contribution >= 0.6 is 11.6 Å². The zero-order chi connectivity index (χ0) is 14.8. The van der Waals surface area contributed by atoms with Gasteiger partial charge in [-0.05, 0) is 30.5 Å². The summed E-state index contributed by atoms with van der Waals surface area (Å²) >= 11 is 5.86. The summed E-state index contributed by atoms with van der Waals surface area (Å²) in [5, 5.41) is 9.52. The summed E-state index contributed by atoms with van der Waals surface area (Å²) in [6, 6.07) is 7.17. The maximum absolute atomic E-state index is 12.6. The summed E-state index contributed by atoms with van der Waals surface area (Å²) < 4.78 is 0. The number of carboxylic acids is 1. The van der Waals surface area contributed by atoms with Crippen LogP contribution in [0, 0.1) is 0 Å². The van der Waals surface area contributed by atoms with Crippen LogP contribution in [0.1, 0.15) is 18.4 Å². The molecule has 4 nitrogen and oxygen atoms in total. The molecule has 1 aliphatic carbocycles. The molecule has 1 saturated carbocycles. The predicted octanol–water partition coefficient (Wildman–Crippen LogP) is 2.47. The summed E-state index contributed by atoms with van der Waals surface area (Å²) in [6.07, 6.45) is 3.01. The highest BCUT2D eigenvalue weighted by Crippen LogP contribution is 2.49. The van der Waals surface area contributed by atoms with Crippen LogP contribution in [0.25, 0.3) is 0 Å². The minimum Gasteiger partial charge on any atom is -0.480 e. The molecule has 1 N–H and O–H groups in total. The standard InChI is InChI=1S/C15H16ClNO3/c1-2-9-17(10-13(18)19)14(20)15(7-8-15)11-3-5-12(16)6-4-11/h2-6H,1,7-10H2,(H,18,19). The molecule has 0 aliphatic heterocycles. The van der Waals surface area contributed by atoms with Crippen molar-refractivity contribution in [1.29, 1.82) is 0 Å². The third-order valence-electron chi connectivity index (χ3n) is 3.52. The Bertz CT molecular complexity index is 535. The molecule has 0 radical (unpaired) electrons. The first kappa shape index (κ1) is 14.6. The molecule has 5 heteroatoms. The Labute approximate surface area is 122 Å². The molecule has 1 fully saturated rings. The highest BCUT2D eigenvalue weighted by molar-refractivity contribution is 6.30. The van der Waals surface area contributed by atoms with Gasteiger partial charge in [-0.25, -0.2) is 0 Å². The van der Waals surface area contributed by atoms with Crippen molar-refractivity contribution in [2.75, 3.05) is 13.1 Å². The van der Waals surface area contributed by atoms with E-state index >= 15 is 0 Å². The predicted molar refractivity (Wildman–Crippen MR) is 76.8 cm³/mol. The van der Waals surface area contributed by atoms with E-state index in [1.165, 1.54) is 4.90 Å². The fraction of sp³-hybridized carbons (Fsp3) is 0.333. The number of carboxylic acid groups (broad SMARTS) is 1. The van der Waals surface area contributed by atoms with Crippen LogP contribution in [0.4, 0.5) is 0 Å². The van der Waals surface area contributed by atoms with E-state index in [4.69, 9.17) is 16.7 Å². The maximum Gasteiger partial charge on any atom is 0.323 e. The van der Waals surface area contributed by atoms with Gasteiger partial charge in [-0.15, -0.1) is 6.58 Å². The average molecular weight is 294 g/mol. The fourth-order valence-electron chi connectivity index (χ4n) is 2.36. The van der Waals surface area contributed by atoms with E-state index in [0.717, 1.165) is 18.4 Å². The second kappa shape index (κ2) is 5.67. The molecule has 0 aromatic heterocycles. The Morgan fingerprint density at radius 1 is 1.35 bits per heavy atom. The van der Waals surface area contributed by atoms with Gasteiger partial charge in [0.15, 0.2) is 0 Å². The molecule has 0 heterocycles. The molecule has 0 bridgehead atoms. The summed E-state index contributed by atoms with van der Waals surface area (Å²) in [5.74, 6) is -1.17. The monoisotopic (exact) mass is 293 g/mol. The van der Waals surface area contributed by atoms with Gasteiger partial charge in [0.2, 0.25) is 5.91 Å². The number of aliphatic carboxylic acids is 1. The van der Waals surface area contributed by atoms with E-state index in [1.807, 2.05) is 12.1 Å². The molecule has 106 valence electrons. The van der Waals surface area contributed by atoms with Crippen LogP contribution < -0.4 is 0 Å². The molecule has 20 heavy (non-hydrogen) atoms. The van der Waals surface area contributed by atoms with Gasteiger partial charge in [-0.1, -0.05) is 29.8 Å². The van der Waals surface area contributed by atoms with Crippen LogP contribution in [0.15, 0.2) is 36.9 Å². The van der Waals surface area contributed by atoms with Crippen LogP contribution in [-0.2, 0) is 15.0 Å². The minimum atomic E-state index is -1.02. The van der Waals surface area contributed by atoms with Gasteiger partial charge in [-0.2, -0.15) is 0 Å². The van der Waals surface area contributed by atoms with Crippen molar-refractivity contribution in [3.8, 4) is 0 Å². The first-order valence-electron chi connectivity index (χ1n) is 6.38. The van der Waals surface area contributed by atoms with Crippen LogP contribution in [-0.4, -0.2) is 35.0 Å². The molecule has 2 rings (SSSR count). The van der Waals surface area contributed by atoms with Crippen LogP contribution in [0.2, 0.25) is 5.02 Å². The third-order valence-corrected chi connectivity index (χ3v) is 3.77. The Hall–Kier alpha value is -1.81. The van der Waals surface area contributed by atoms with Crippen molar-refractivity contribution in [2.24, 2.45) is 0 Å². The third kappa shape index (κ3) is 2.85. The van der Waals surface area contributed by atoms with E-state index in [0.29, 0.717) is 5.02 Å². The second-order valence-corrected chi connectivity index (χ2v) is 5.39. The summed E-state index contributed by atoms with van der Waals surface area (Å²) in [4.78, 5) is 24.8. The Kier molecular flexibility index (Phi) is 4.14. The number of hydrogen-bond acceptors (Lipinski definition) is 2. The summed E-state index contributed by atoms with van der Waals surface area (Å²) in [7, 11) is 0. The highest BCUT2D eigenvalue weighted by atomic mass is 35.5. The lowest BCUT2D eigenvalue weighted by Gasteiger charge is -2.25. The van der Waals surface area contributed by atoms with Crippen molar-refractivity contribution in [3.05, 3.63) is 47.5 Å². The van der Waals surface area contributed by atoms with E-state index in [-0.39, 0.29) is 19.0 Å². The van der Waals surface area contributed by atoms with Crippen LogP contribution in [0.5, 0.6) is 0 Å². The average Bonchev–Trinajstić information content (AvgIpc) is 3.19. The number of nitrogens with zero attached hydrogens (tertiary/aromatic N) is 1. The van der Waals surface area contributed by atoms with Crippen molar-refractivity contribution >= 4 is 23.5 Å². The van der Waals surface area contributed by atoms with Crippen molar-refractivity contribution in [3.63, 3.8) is 0 Å². The van der Waals surface area contributed by atoms with Gasteiger partial charge in [0, 0.05) is 11.6 Å². The Balaban J connectivity index is 2.23. The van der Waals surface area contributed by atoms with Gasteiger partial charge < -0.3 is 10.0 Å². The minimum absolute atomic E-state index is 0.151. The number of halogens is 1. The fourth-order valence-corrected chi connectivity index (χ4v) is 2.49. The molecule has 0 atom stereocenters. The van der Waals surface area contributed by atoms with Gasteiger partial charge in [-0.3, -0.25) is 9.59 Å². The van der Waals surface area contributed by atoms with E-state index in [2.05, 4.69) is 6.58 Å². The molecular weight excluding hydrogens is 278 g/mol. The van der Waals surface area contributed by atoms with Gasteiger partial charge in [0.25, 0.3) is 0 Å². The normalized spacial score (nSPS) is 15.4. The molecule has 0 saturated heterocycles. The maximum atomic E-state index is 12.6. The van der Waals surface area contributed by atoms with Crippen LogP contribution in [0.3, 0.4) is 0 Å². The number of benzene rings is 1. The highest BCUT2D eigenvalue weighted by Gasteiger charge is 2.53. The number of rotatable bonds is 6. The largest absolute Gasteiger partial charge is 0.480 e. The molecule has 0 unspecified atom stereocenters. The Morgan fingerprint density at radius 3 is 2.40 bits per heavy atom. The molecule has 0 spiro atoms. The van der Waals surface area contributed by atoms with Gasteiger partial charge in [0.1, 0.15) is 6.54 Å².